The Morgan fingerprint density at radius 2 is 1.89 bits per heavy atom. The third-order valence-corrected chi connectivity index (χ3v) is 4.40. The number of aromatic amines is 1. The van der Waals surface area contributed by atoms with Crippen molar-refractivity contribution in [1.29, 1.82) is 0 Å². The van der Waals surface area contributed by atoms with E-state index in [-0.39, 0.29) is 11.4 Å². The number of aromatic nitrogens is 2. The molecule has 0 saturated carbocycles. The van der Waals surface area contributed by atoms with Crippen molar-refractivity contribution in [2.75, 3.05) is 12.4 Å². The number of Topliss-reactive ketones (excluding diaryl/α,β-unsaturated/α-hetero) is 1. The number of hydrogen-bond donors (Lipinski definition) is 2. The van der Waals surface area contributed by atoms with Crippen LogP contribution in [0.2, 0.25) is 0 Å². The molecule has 0 unspecified atom stereocenters. The molecule has 2 N–H and O–H groups in total. The number of hydrogen-bond acceptors (Lipinski definition) is 4. The van der Waals surface area contributed by atoms with Crippen LogP contribution in [0.15, 0.2) is 48.0 Å². The minimum Gasteiger partial charge on any atom is -0.497 e. The summed E-state index contributed by atoms with van der Waals surface area (Å²) >= 11 is 5.35. The quantitative estimate of drug-likeness (QED) is 0.302. The molecule has 3 aromatic rings. The summed E-state index contributed by atoms with van der Waals surface area (Å²) in [6.45, 7) is 3.33. The molecule has 0 aliphatic carbocycles. The normalized spacial score (nSPS) is 11.4. The van der Waals surface area contributed by atoms with E-state index in [1.54, 1.807) is 35.9 Å². The molecular formula is C20H19N3O3S. The Morgan fingerprint density at radius 3 is 2.52 bits per heavy atom. The number of methoxy groups -OCH3 is 1. The Labute approximate surface area is 161 Å². The predicted octanol–water partition coefficient (Wildman–Crippen LogP) is 4.08. The van der Waals surface area contributed by atoms with Gasteiger partial charge in [0.2, 0.25) is 0 Å². The number of carbonyl (C=O) groups excluding carboxylic acids is 2. The zero-order valence-corrected chi connectivity index (χ0v) is 16.0. The number of aryl methyl sites for hydroxylation is 1. The van der Waals surface area contributed by atoms with E-state index in [4.69, 9.17) is 17.0 Å². The van der Waals surface area contributed by atoms with Crippen LogP contribution in [0, 0.1) is 11.7 Å². The minimum atomic E-state index is -0.504. The topological polar surface area (TPSA) is 76.1 Å². The van der Waals surface area contributed by atoms with E-state index in [0.29, 0.717) is 16.2 Å². The van der Waals surface area contributed by atoms with Crippen molar-refractivity contribution in [1.82, 2.24) is 9.55 Å². The van der Waals surface area contributed by atoms with Gasteiger partial charge in [-0.15, -0.1) is 0 Å². The van der Waals surface area contributed by atoms with Crippen molar-refractivity contribution < 1.29 is 14.3 Å². The van der Waals surface area contributed by atoms with Crippen LogP contribution in [-0.4, -0.2) is 28.4 Å². The van der Waals surface area contributed by atoms with Gasteiger partial charge in [0.1, 0.15) is 5.75 Å². The first-order valence-corrected chi connectivity index (χ1v) is 8.69. The molecule has 1 amide bonds. The summed E-state index contributed by atoms with van der Waals surface area (Å²) < 4.78 is 7.14. The lowest BCUT2D eigenvalue weighted by atomic mass is 10.1. The number of rotatable bonds is 5. The maximum atomic E-state index is 12.6. The summed E-state index contributed by atoms with van der Waals surface area (Å²) in [6.07, 6.45) is 1.47. The smallest absolute Gasteiger partial charge is 0.260 e. The maximum Gasteiger partial charge on any atom is 0.260 e. The van der Waals surface area contributed by atoms with Gasteiger partial charge in [-0.2, -0.15) is 0 Å². The third-order valence-electron chi connectivity index (χ3n) is 4.10. The molecule has 1 heterocycles. The summed E-state index contributed by atoms with van der Waals surface area (Å²) in [5, 5.41) is 2.72. The lowest BCUT2D eigenvalue weighted by molar-refractivity contribution is -0.118. The number of amides is 1. The molecule has 6 nitrogen and oxygen atoms in total. The van der Waals surface area contributed by atoms with Gasteiger partial charge in [-0.05, 0) is 68.0 Å². The number of carbonyl (C=O) groups is 2. The highest BCUT2D eigenvalue weighted by Gasteiger charge is 2.16. The first-order valence-electron chi connectivity index (χ1n) is 8.28. The van der Waals surface area contributed by atoms with Crippen LogP contribution in [0.25, 0.3) is 17.2 Å². The fourth-order valence-corrected chi connectivity index (χ4v) is 2.95. The van der Waals surface area contributed by atoms with Gasteiger partial charge in [0.25, 0.3) is 5.91 Å². The molecule has 0 bridgehead atoms. The molecule has 2 aromatic carbocycles. The van der Waals surface area contributed by atoms with Gasteiger partial charge in [0, 0.05) is 11.9 Å². The van der Waals surface area contributed by atoms with Crippen LogP contribution >= 0.6 is 12.2 Å². The van der Waals surface area contributed by atoms with Gasteiger partial charge in [0.15, 0.2) is 10.6 Å². The van der Waals surface area contributed by atoms with Crippen molar-refractivity contribution in [3.05, 3.63) is 58.4 Å². The van der Waals surface area contributed by atoms with Crippen molar-refractivity contribution in [2.45, 2.75) is 13.8 Å². The van der Waals surface area contributed by atoms with E-state index in [2.05, 4.69) is 10.3 Å². The molecule has 0 spiro atoms. The largest absolute Gasteiger partial charge is 0.497 e. The van der Waals surface area contributed by atoms with E-state index in [0.717, 1.165) is 16.6 Å². The molecule has 27 heavy (non-hydrogen) atoms. The highest BCUT2D eigenvalue weighted by Crippen LogP contribution is 2.19. The molecule has 1 aromatic heterocycles. The monoisotopic (exact) mass is 381 g/mol. The standard InChI is InChI=1S/C20H19N3O3S/c1-12-4-9-18-17(10-12)22-20(27)23(18)11-16(13(2)24)19(25)21-14-5-7-15(26-3)8-6-14/h4-11H,1-3H3,(H,21,25)(H,22,27)/b16-11+. The zero-order valence-electron chi connectivity index (χ0n) is 15.2. The van der Waals surface area contributed by atoms with Gasteiger partial charge in [-0.25, -0.2) is 0 Å². The van der Waals surface area contributed by atoms with Crippen molar-refractivity contribution in [2.24, 2.45) is 0 Å². The van der Waals surface area contributed by atoms with Gasteiger partial charge in [-0.1, -0.05) is 6.07 Å². The van der Waals surface area contributed by atoms with Crippen LogP contribution in [-0.2, 0) is 9.59 Å². The molecule has 0 atom stereocenters. The average molecular weight is 381 g/mol. The minimum absolute atomic E-state index is 0.00314. The SMILES string of the molecule is COc1ccc(NC(=O)/C(=C/n2c(=S)[nH]c3cc(C)ccc32)C(C)=O)cc1. The number of ketones is 1. The van der Waals surface area contributed by atoms with E-state index < -0.39 is 5.91 Å². The van der Waals surface area contributed by atoms with Crippen molar-refractivity contribution >= 4 is 46.8 Å². The second kappa shape index (κ2) is 7.59. The Bertz CT molecular complexity index is 1110. The Hall–Kier alpha value is -3.19. The second-order valence-corrected chi connectivity index (χ2v) is 6.49. The summed E-state index contributed by atoms with van der Waals surface area (Å²) in [4.78, 5) is 27.8. The fourth-order valence-electron chi connectivity index (χ4n) is 2.68. The van der Waals surface area contributed by atoms with Crippen LogP contribution in [0.1, 0.15) is 12.5 Å². The number of ether oxygens (including phenoxy) is 1. The predicted molar refractivity (Wildman–Crippen MR) is 108 cm³/mol. The molecule has 0 aliphatic heterocycles. The molecule has 0 saturated heterocycles. The summed E-state index contributed by atoms with van der Waals surface area (Å²) in [6, 6.07) is 12.7. The second-order valence-electron chi connectivity index (χ2n) is 6.10. The van der Waals surface area contributed by atoms with Gasteiger partial charge in [0.05, 0.1) is 23.7 Å². The zero-order chi connectivity index (χ0) is 19.6. The average Bonchev–Trinajstić information content (AvgIpc) is 2.94. The van der Waals surface area contributed by atoms with E-state index in [1.807, 2.05) is 25.1 Å². The number of imidazole rings is 1. The molecule has 0 radical (unpaired) electrons. The van der Waals surface area contributed by atoms with E-state index in [9.17, 15) is 9.59 Å². The maximum absolute atomic E-state index is 12.6. The van der Waals surface area contributed by atoms with Crippen LogP contribution in [0.5, 0.6) is 5.75 Å². The van der Waals surface area contributed by atoms with Crippen LogP contribution < -0.4 is 10.1 Å². The van der Waals surface area contributed by atoms with Crippen molar-refractivity contribution in [3.63, 3.8) is 0 Å². The Balaban J connectivity index is 1.97. The number of nitrogens with one attached hydrogen (secondary N) is 2. The lowest BCUT2D eigenvalue weighted by Gasteiger charge is -2.08. The van der Waals surface area contributed by atoms with Gasteiger partial charge >= 0.3 is 0 Å². The molecule has 7 heteroatoms. The number of fused-ring (bicyclic) bond motifs is 1. The molecular weight excluding hydrogens is 362 g/mol. The first-order chi connectivity index (χ1) is 12.9. The first kappa shape index (κ1) is 18.6. The van der Waals surface area contributed by atoms with Crippen LogP contribution in [0.4, 0.5) is 5.69 Å². The van der Waals surface area contributed by atoms with Crippen LogP contribution in [0.3, 0.4) is 0 Å². The summed E-state index contributed by atoms with van der Waals surface area (Å²) in [5.74, 6) is -0.184. The summed E-state index contributed by atoms with van der Waals surface area (Å²) in [5.41, 5.74) is 3.28. The number of H-pyrrole nitrogens is 1. The lowest BCUT2D eigenvalue weighted by Crippen LogP contribution is -2.19. The molecule has 138 valence electrons. The highest BCUT2D eigenvalue weighted by molar-refractivity contribution is 7.71. The fraction of sp³-hybridized carbons (Fsp3) is 0.150. The van der Waals surface area contributed by atoms with E-state index in [1.165, 1.54) is 13.1 Å². The van der Waals surface area contributed by atoms with E-state index >= 15 is 0 Å². The Kier molecular flexibility index (Phi) is 5.23. The number of nitrogens with zero attached hydrogens (tertiary/aromatic N) is 1. The number of benzene rings is 2. The molecule has 3 rings (SSSR count). The number of anilines is 1. The molecule has 0 fully saturated rings. The summed E-state index contributed by atoms with van der Waals surface area (Å²) in [7, 11) is 1.57. The van der Waals surface area contributed by atoms with Gasteiger partial charge in [-0.3, -0.25) is 14.2 Å². The Morgan fingerprint density at radius 1 is 1.19 bits per heavy atom. The third kappa shape index (κ3) is 3.98. The van der Waals surface area contributed by atoms with Crippen molar-refractivity contribution in [3.8, 4) is 5.75 Å². The van der Waals surface area contributed by atoms with Gasteiger partial charge < -0.3 is 15.0 Å². The highest BCUT2D eigenvalue weighted by atomic mass is 32.1. The molecule has 0 aliphatic rings.